The molecule has 1 N–H and O–H groups in total. The highest BCUT2D eigenvalue weighted by atomic mass is 35.5. The van der Waals surface area contributed by atoms with E-state index < -0.39 is 5.54 Å². The maximum absolute atomic E-state index is 12.7. The SMILES string of the molecule is Cc1ccc(COCC(C)(C)NC(=O)c2cc3c(nc2Cl)CCC3)c(C)c1. The number of aryl methyl sites for hydroxylation is 4. The highest BCUT2D eigenvalue weighted by Crippen LogP contribution is 2.25. The molecule has 0 atom stereocenters. The van der Waals surface area contributed by atoms with E-state index in [0.717, 1.165) is 36.1 Å². The average Bonchev–Trinajstić information content (AvgIpc) is 3.02. The molecule has 1 aliphatic rings. The van der Waals surface area contributed by atoms with E-state index in [4.69, 9.17) is 16.3 Å². The Morgan fingerprint density at radius 1 is 1.26 bits per heavy atom. The van der Waals surface area contributed by atoms with Crippen LogP contribution < -0.4 is 5.32 Å². The summed E-state index contributed by atoms with van der Waals surface area (Å²) >= 11 is 6.24. The van der Waals surface area contributed by atoms with E-state index in [1.807, 2.05) is 19.9 Å². The van der Waals surface area contributed by atoms with Crippen LogP contribution in [-0.2, 0) is 24.2 Å². The Morgan fingerprint density at radius 3 is 2.78 bits per heavy atom. The minimum Gasteiger partial charge on any atom is -0.374 e. The van der Waals surface area contributed by atoms with Gasteiger partial charge in [-0.3, -0.25) is 4.79 Å². The second-order valence-electron chi connectivity index (χ2n) is 8.05. The molecule has 0 aliphatic heterocycles. The lowest BCUT2D eigenvalue weighted by atomic mass is 10.0. The fourth-order valence-corrected chi connectivity index (χ4v) is 3.68. The van der Waals surface area contributed by atoms with Crippen molar-refractivity contribution in [3.63, 3.8) is 0 Å². The summed E-state index contributed by atoms with van der Waals surface area (Å²) in [5.41, 5.74) is 5.70. The molecule has 3 rings (SSSR count). The molecule has 1 aromatic carbocycles. The molecular weight excluding hydrogens is 360 g/mol. The predicted octanol–water partition coefficient (Wildman–Crippen LogP) is 4.57. The molecule has 2 aromatic rings. The fraction of sp³-hybridized carbons (Fsp3) is 0.455. The van der Waals surface area contributed by atoms with Crippen LogP contribution in [-0.4, -0.2) is 23.0 Å². The smallest absolute Gasteiger partial charge is 0.254 e. The highest BCUT2D eigenvalue weighted by molar-refractivity contribution is 6.32. The molecule has 0 saturated carbocycles. The van der Waals surface area contributed by atoms with Gasteiger partial charge in [0.15, 0.2) is 0 Å². The largest absolute Gasteiger partial charge is 0.374 e. The standard InChI is InChI=1S/C22H27ClN2O2/c1-14-8-9-17(15(2)10-14)12-27-13-22(3,4)25-21(26)18-11-16-6-5-7-19(16)24-20(18)23/h8-11H,5-7,12-13H2,1-4H3,(H,25,26). The minimum absolute atomic E-state index is 0.206. The van der Waals surface area contributed by atoms with E-state index in [2.05, 4.69) is 42.3 Å². The van der Waals surface area contributed by atoms with Gasteiger partial charge in [-0.2, -0.15) is 0 Å². The summed E-state index contributed by atoms with van der Waals surface area (Å²) in [6.07, 6.45) is 2.97. The van der Waals surface area contributed by atoms with Crippen LogP contribution in [0.2, 0.25) is 5.15 Å². The molecule has 144 valence electrons. The van der Waals surface area contributed by atoms with Crippen LogP contribution in [0.15, 0.2) is 24.3 Å². The lowest BCUT2D eigenvalue weighted by molar-refractivity contribution is 0.0615. The van der Waals surface area contributed by atoms with Gasteiger partial charge in [0.25, 0.3) is 5.91 Å². The van der Waals surface area contributed by atoms with Crippen LogP contribution in [0, 0.1) is 13.8 Å². The molecule has 4 nitrogen and oxygen atoms in total. The molecule has 5 heteroatoms. The number of nitrogens with zero attached hydrogens (tertiary/aromatic N) is 1. The van der Waals surface area contributed by atoms with Crippen molar-refractivity contribution in [3.05, 3.63) is 62.9 Å². The van der Waals surface area contributed by atoms with Gasteiger partial charge in [0.2, 0.25) is 0 Å². The lowest BCUT2D eigenvalue weighted by Crippen LogP contribution is -2.47. The van der Waals surface area contributed by atoms with Gasteiger partial charge in [-0.05, 0) is 69.7 Å². The van der Waals surface area contributed by atoms with Crippen LogP contribution in [0.5, 0.6) is 0 Å². The lowest BCUT2D eigenvalue weighted by Gasteiger charge is -2.26. The normalized spacial score (nSPS) is 13.5. The first-order valence-electron chi connectivity index (χ1n) is 9.40. The quantitative estimate of drug-likeness (QED) is 0.740. The number of halogens is 1. The summed E-state index contributed by atoms with van der Waals surface area (Å²) < 4.78 is 5.88. The van der Waals surface area contributed by atoms with Gasteiger partial charge in [-0.25, -0.2) is 4.98 Å². The van der Waals surface area contributed by atoms with Crippen molar-refractivity contribution in [2.75, 3.05) is 6.61 Å². The summed E-state index contributed by atoms with van der Waals surface area (Å²) in [6.45, 7) is 8.98. The Labute approximate surface area is 166 Å². The zero-order valence-corrected chi connectivity index (χ0v) is 17.2. The van der Waals surface area contributed by atoms with E-state index >= 15 is 0 Å². The second kappa shape index (κ2) is 7.99. The van der Waals surface area contributed by atoms with E-state index in [1.54, 1.807) is 0 Å². The van der Waals surface area contributed by atoms with E-state index in [1.165, 1.54) is 11.1 Å². The fourth-order valence-electron chi connectivity index (χ4n) is 3.44. The summed E-state index contributed by atoms with van der Waals surface area (Å²) in [6, 6.07) is 8.21. The van der Waals surface area contributed by atoms with E-state index in [0.29, 0.717) is 18.8 Å². The van der Waals surface area contributed by atoms with Crippen LogP contribution in [0.4, 0.5) is 0 Å². The number of fused-ring (bicyclic) bond motifs is 1. The van der Waals surface area contributed by atoms with Crippen LogP contribution in [0.25, 0.3) is 0 Å². The molecule has 0 fully saturated rings. The molecule has 1 amide bonds. The van der Waals surface area contributed by atoms with Gasteiger partial charge in [0.05, 0.1) is 24.3 Å². The number of ether oxygens (including phenoxy) is 1. The molecule has 1 aliphatic carbocycles. The number of carbonyl (C=O) groups excluding carboxylic acids is 1. The van der Waals surface area contributed by atoms with Gasteiger partial charge < -0.3 is 10.1 Å². The molecule has 27 heavy (non-hydrogen) atoms. The van der Waals surface area contributed by atoms with Crippen molar-refractivity contribution >= 4 is 17.5 Å². The van der Waals surface area contributed by atoms with Crippen molar-refractivity contribution in [1.29, 1.82) is 0 Å². The van der Waals surface area contributed by atoms with Crippen molar-refractivity contribution < 1.29 is 9.53 Å². The molecule has 1 aromatic heterocycles. The maximum Gasteiger partial charge on any atom is 0.254 e. The van der Waals surface area contributed by atoms with Crippen LogP contribution in [0.1, 0.15) is 58.6 Å². The van der Waals surface area contributed by atoms with Crippen molar-refractivity contribution in [1.82, 2.24) is 10.3 Å². The van der Waals surface area contributed by atoms with Gasteiger partial charge in [-0.1, -0.05) is 35.4 Å². The van der Waals surface area contributed by atoms with E-state index in [9.17, 15) is 4.79 Å². The number of benzene rings is 1. The maximum atomic E-state index is 12.7. The number of hydrogen-bond donors (Lipinski definition) is 1. The average molecular weight is 387 g/mol. The number of nitrogens with one attached hydrogen (secondary N) is 1. The Hall–Kier alpha value is -1.91. The third kappa shape index (κ3) is 4.88. The highest BCUT2D eigenvalue weighted by Gasteiger charge is 2.25. The minimum atomic E-state index is -0.516. The number of rotatable bonds is 6. The van der Waals surface area contributed by atoms with Gasteiger partial charge in [-0.15, -0.1) is 0 Å². The van der Waals surface area contributed by atoms with Gasteiger partial charge in [0.1, 0.15) is 5.15 Å². The summed E-state index contributed by atoms with van der Waals surface area (Å²) in [7, 11) is 0. The van der Waals surface area contributed by atoms with Crippen LogP contribution >= 0.6 is 11.6 Å². The summed E-state index contributed by atoms with van der Waals surface area (Å²) in [5.74, 6) is -0.206. The Morgan fingerprint density at radius 2 is 2.04 bits per heavy atom. The number of amides is 1. The van der Waals surface area contributed by atoms with Gasteiger partial charge >= 0.3 is 0 Å². The van der Waals surface area contributed by atoms with Crippen molar-refractivity contribution in [2.45, 2.75) is 59.1 Å². The van der Waals surface area contributed by atoms with Gasteiger partial charge in [0, 0.05) is 5.69 Å². The first kappa shape index (κ1) is 19.8. The molecule has 0 saturated heterocycles. The van der Waals surface area contributed by atoms with Crippen molar-refractivity contribution in [3.8, 4) is 0 Å². The number of aromatic nitrogens is 1. The summed E-state index contributed by atoms with van der Waals surface area (Å²) in [4.78, 5) is 17.1. The molecule has 0 unspecified atom stereocenters. The van der Waals surface area contributed by atoms with Crippen LogP contribution in [0.3, 0.4) is 0 Å². The molecular formula is C22H27ClN2O2. The number of carbonyl (C=O) groups is 1. The van der Waals surface area contributed by atoms with E-state index in [-0.39, 0.29) is 11.1 Å². The Bertz CT molecular complexity index is 862. The molecule has 0 spiro atoms. The predicted molar refractivity (Wildman–Crippen MR) is 108 cm³/mol. The molecule has 0 bridgehead atoms. The number of hydrogen-bond acceptors (Lipinski definition) is 3. The topological polar surface area (TPSA) is 51.2 Å². The Balaban J connectivity index is 1.60. The number of pyridine rings is 1. The first-order valence-corrected chi connectivity index (χ1v) is 9.78. The third-order valence-electron chi connectivity index (χ3n) is 4.92. The monoisotopic (exact) mass is 386 g/mol. The molecule has 1 heterocycles. The Kier molecular flexibility index (Phi) is 5.87. The summed E-state index contributed by atoms with van der Waals surface area (Å²) in [5, 5.41) is 3.30. The zero-order chi connectivity index (χ0) is 19.6. The third-order valence-corrected chi connectivity index (χ3v) is 5.21. The molecule has 0 radical (unpaired) electrons. The second-order valence-corrected chi connectivity index (χ2v) is 8.40. The zero-order valence-electron chi connectivity index (χ0n) is 16.5. The van der Waals surface area contributed by atoms with Crippen molar-refractivity contribution in [2.24, 2.45) is 0 Å². The first-order chi connectivity index (χ1) is 12.7.